The summed E-state index contributed by atoms with van der Waals surface area (Å²) in [4.78, 5) is 36.8. The first-order chi connectivity index (χ1) is 21.1. The lowest BCUT2D eigenvalue weighted by atomic mass is 10.0. The van der Waals surface area contributed by atoms with E-state index >= 15 is 0 Å². The quantitative estimate of drug-likeness (QED) is 0.0766. The van der Waals surface area contributed by atoms with Crippen molar-refractivity contribution < 1.29 is 38.0 Å². The second kappa shape index (κ2) is 15.4. The van der Waals surface area contributed by atoms with Crippen molar-refractivity contribution >= 4 is 31.5 Å². The molecule has 2 aromatic rings. The van der Waals surface area contributed by atoms with E-state index < -0.39 is 36.5 Å². The Balaban J connectivity index is 1.04. The van der Waals surface area contributed by atoms with Gasteiger partial charge in [-0.2, -0.15) is 0 Å². The van der Waals surface area contributed by atoms with E-state index in [2.05, 4.69) is 41.7 Å². The molecular formula is C32H41N3O8Si. The number of nitrogens with one attached hydrogen (secondary N) is 2. The summed E-state index contributed by atoms with van der Waals surface area (Å²) in [5.74, 6) is 2.23. The van der Waals surface area contributed by atoms with E-state index in [0.29, 0.717) is 69.6 Å². The fourth-order valence-electron chi connectivity index (χ4n) is 4.88. The number of carbonyl (C=O) groups is 3. The number of carbonyl (C=O) groups excluding carboxylic acids is 3. The summed E-state index contributed by atoms with van der Waals surface area (Å²) in [5, 5.41) is 18.9. The lowest BCUT2D eigenvalue weighted by Gasteiger charge is -2.42. The standard InChI is InChI=1S/C32H41N3O8Si/c1-44(2,3)22-13-24-7-9-25(10-8-24)43-21-20-42-19-18-41-17-16-40-15-14-33-28-6-4-5-26-27(28)23-35(39,32(26)38)29-11-12-30(36)34-31(29)37/h4-10,29,33H,11-12,14-21,23H2,1-3H3,(H,34,36,37). The van der Waals surface area contributed by atoms with Crippen molar-refractivity contribution in [2.45, 2.75) is 45.1 Å². The van der Waals surface area contributed by atoms with Gasteiger partial charge in [0.05, 0.1) is 45.2 Å². The first-order valence-corrected chi connectivity index (χ1v) is 18.4. The third kappa shape index (κ3) is 9.22. The van der Waals surface area contributed by atoms with Crippen LogP contribution in [0.2, 0.25) is 19.6 Å². The number of imide groups is 1. The van der Waals surface area contributed by atoms with Crippen LogP contribution in [0.25, 0.3) is 0 Å². The van der Waals surface area contributed by atoms with Gasteiger partial charge in [0.15, 0.2) is 6.04 Å². The lowest BCUT2D eigenvalue weighted by Crippen LogP contribution is -2.60. The van der Waals surface area contributed by atoms with Gasteiger partial charge in [-0.05, 0) is 36.4 Å². The number of hydroxylamine groups is 3. The summed E-state index contributed by atoms with van der Waals surface area (Å²) in [6, 6.07) is 11.7. The number of hydrogen-bond donors (Lipinski definition) is 2. The van der Waals surface area contributed by atoms with Crippen LogP contribution in [0.1, 0.15) is 34.3 Å². The second-order valence-electron chi connectivity index (χ2n) is 11.7. The highest BCUT2D eigenvalue weighted by atomic mass is 28.3. The van der Waals surface area contributed by atoms with Crippen molar-refractivity contribution in [1.82, 2.24) is 5.32 Å². The minimum absolute atomic E-state index is 0.0435. The van der Waals surface area contributed by atoms with Crippen LogP contribution in [-0.4, -0.2) is 89.3 Å². The summed E-state index contributed by atoms with van der Waals surface area (Å²) < 4.78 is 21.1. The van der Waals surface area contributed by atoms with Crippen molar-refractivity contribution in [3.8, 4) is 17.2 Å². The second-order valence-corrected chi connectivity index (χ2v) is 16.4. The number of piperidine rings is 1. The molecule has 2 atom stereocenters. The number of fused-ring (bicyclic) bond motifs is 1. The van der Waals surface area contributed by atoms with Crippen molar-refractivity contribution in [3.63, 3.8) is 0 Å². The monoisotopic (exact) mass is 623 g/mol. The fourth-order valence-corrected chi connectivity index (χ4v) is 5.40. The Kier molecular flexibility index (Phi) is 11.7. The maximum absolute atomic E-state index is 13.5. The highest BCUT2D eigenvalue weighted by Crippen LogP contribution is 2.37. The first kappa shape index (κ1) is 33.3. The van der Waals surface area contributed by atoms with Gasteiger partial charge in [0.1, 0.15) is 27.0 Å². The Morgan fingerprint density at radius 1 is 0.932 bits per heavy atom. The molecule has 4 rings (SSSR count). The van der Waals surface area contributed by atoms with Gasteiger partial charge in [-0.15, -0.1) is 5.54 Å². The van der Waals surface area contributed by atoms with Crippen molar-refractivity contribution in [2.24, 2.45) is 0 Å². The Morgan fingerprint density at radius 2 is 1.59 bits per heavy atom. The molecule has 0 aliphatic carbocycles. The predicted molar refractivity (Wildman–Crippen MR) is 167 cm³/mol. The number of benzene rings is 2. The lowest BCUT2D eigenvalue weighted by molar-refractivity contribution is -0.825. The van der Waals surface area contributed by atoms with Gasteiger partial charge in [-0.25, -0.2) is 4.79 Å². The van der Waals surface area contributed by atoms with Crippen LogP contribution in [0.3, 0.4) is 0 Å². The molecule has 2 aliphatic heterocycles. The SMILES string of the molecule is C[Si](C)(C)C#Cc1ccc(OCCOCCOCCOCCNc2cccc3c2C[N+]([O-])(C2CCC(=O)NC2=O)C3=O)cc1. The molecule has 3 amide bonds. The number of anilines is 1. The number of nitrogens with zero attached hydrogens (tertiary/aromatic N) is 1. The summed E-state index contributed by atoms with van der Waals surface area (Å²) in [5.41, 5.74) is 5.87. The molecule has 2 aliphatic rings. The van der Waals surface area contributed by atoms with Gasteiger partial charge in [0.2, 0.25) is 5.91 Å². The molecule has 236 valence electrons. The number of rotatable bonds is 15. The average Bonchev–Trinajstić information content (AvgIpc) is 3.25. The number of ether oxygens (including phenoxy) is 4. The molecule has 2 heterocycles. The summed E-state index contributed by atoms with van der Waals surface area (Å²) >= 11 is 0. The molecule has 2 unspecified atom stereocenters. The highest BCUT2D eigenvalue weighted by Gasteiger charge is 2.50. The smallest absolute Gasteiger partial charge is 0.347 e. The highest BCUT2D eigenvalue weighted by molar-refractivity contribution is 6.83. The average molecular weight is 624 g/mol. The largest absolute Gasteiger partial charge is 0.624 e. The molecule has 1 saturated heterocycles. The van der Waals surface area contributed by atoms with Crippen LogP contribution >= 0.6 is 0 Å². The molecule has 2 N–H and O–H groups in total. The van der Waals surface area contributed by atoms with E-state index in [4.69, 9.17) is 18.9 Å². The van der Waals surface area contributed by atoms with E-state index in [-0.39, 0.29) is 19.4 Å². The van der Waals surface area contributed by atoms with E-state index in [9.17, 15) is 19.6 Å². The Labute approximate surface area is 259 Å². The number of hydrogen-bond acceptors (Lipinski definition) is 9. The molecule has 0 radical (unpaired) electrons. The molecule has 0 saturated carbocycles. The van der Waals surface area contributed by atoms with Crippen molar-refractivity contribution in [3.05, 3.63) is 64.4 Å². The van der Waals surface area contributed by atoms with Gasteiger partial charge in [-0.3, -0.25) is 19.6 Å². The van der Waals surface area contributed by atoms with Crippen LogP contribution in [0.15, 0.2) is 42.5 Å². The van der Waals surface area contributed by atoms with Crippen LogP contribution in [0.4, 0.5) is 5.69 Å². The summed E-state index contributed by atoms with van der Waals surface area (Å²) in [6.45, 7) is 9.97. The van der Waals surface area contributed by atoms with Gasteiger partial charge in [-0.1, -0.05) is 31.6 Å². The molecule has 12 heteroatoms. The molecule has 11 nitrogen and oxygen atoms in total. The zero-order valence-corrected chi connectivity index (χ0v) is 26.6. The molecule has 44 heavy (non-hydrogen) atoms. The minimum atomic E-state index is -1.39. The van der Waals surface area contributed by atoms with Crippen molar-refractivity contribution in [1.29, 1.82) is 0 Å². The normalized spacial score (nSPS) is 19.6. The van der Waals surface area contributed by atoms with E-state index in [1.807, 2.05) is 24.3 Å². The van der Waals surface area contributed by atoms with Crippen molar-refractivity contribution in [2.75, 3.05) is 58.1 Å². The van der Waals surface area contributed by atoms with Gasteiger partial charge in [0.25, 0.3) is 5.91 Å². The summed E-state index contributed by atoms with van der Waals surface area (Å²) in [6.07, 6.45) is 0.0968. The number of amides is 3. The topological polar surface area (TPSA) is 135 Å². The first-order valence-electron chi connectivity index (χ1n) is 14.9. The van der Waals surface area contributed by atoms with Gasteiger partial charge in [0, 0.05) is 36.2 Å². The maximum Gasteiger partial charge on any atom is 0.347 e. The predicted octanol–water partition coefficient (Wildman–Crippen LogP) is 3.23. The third-order valence-electron chi connectivity index (χ3n) is 7.10. The molecule has 2 aromatic carbocycles. The Hall–Kier alpha value is -3.57. The van der Waals surface area contributed by atoms with E-state index in [1.165, 1.54) is 0 Å². The minimum Gasteiger partial charge on any atom is -0.624 e. The number of quaternary nitrogens is 1. The molecule has 0 bridgehead atoms. The fraction of sp³-hybridized carbons (Fsp3) is 0.469. The Morgan fingerprint density at radius 3 is 2.25 bits per heavy atom. The van der Waals surface area contributed by atoms with Crippen LogP contribution in [-0.2, 0) is 30.3 Å². The zero-order chi connectivity index (χ0) is 31.6. The molecule has 1 fully saturated rings. The van der Waals surface area contributed by atoms with Crippen LogP contribution in [0.5, 0.6) is 5.75 Å². The molecule has 0 spiro atoms. The van der Waals surface area contributed by atoms with Gasteiger partial charge >= 0.3 is 5.91 Å². The van der Waals surface area contributed by atoms with E-state index in [1.54, 1.807) is 18.2 Å². The van der Waals surface area contributed by atoms with Crippen LogP contribution in [0, 0.1) is 16.7 Å². The van der Waals surface area contributed by atoms with Gasteiger partial charge < -0.3 is 29.5 Å². The Bertz CT molecular complexity index is 1380. The van der Waals surface area contributed by atoms with Crippen LogP contribution < -0.4 is 15.4 Å². The molecule has 0 aromatic heterocycles. The van der Waals surface area contributed by atoms with E-state index in [0.717, 1.165) is 11.3 Å². The summed E-state index contributed by atoms with van der Waals surface area (Å²) in [7, 11) is -1.39. The third-order valence-corrected chi connectivity index (χ3v) is 7.97. The molecular weight excluding hydrogens is 582 g/mol. The maximum atomic E-state index is 13.5. The zero-order valence-electron chi connectivity index (χ0n) is 25.6.